The first-order valence-electron chi connectivity index (χ1n) is 13.1. The fourth-order valence-corrected chi connectivity index (χ4v) is 6.78. The number of aromatic nitrogens is 1. The van der Waals surface area contributed by atoms with E-state index in [1.807, 2.05) is 23.1 Å². The lowest BCUT2D eigenvalue weighted by Gasteiger charge is -2.47. The second-order valence-corrected chi connectivity index (χ2v) is 12.0. The van der Waals surface area contributed by atoms with Gasteiger partial charge >= 0.3 is 0 Å². The smallest absolute Gasteiger partial charge is 0.245 e. The van der Waals surface area contributed by atoms with E-state index in [-0.39, 0.29) is 16.7 Å². The molecule has 1 aliphatic carbocycles. The summed E-state index contributed by atoms with van der Waals surface area (Å²) in [6, 6.07) is 12.1. The lowest BCUT2D eigenvalue weighted by Crippen LogP contribution is -2.59. The van der Waals surface area contributed by atoms with Crippen molar-refractivity contribution in [3.8, 4) is 16.9 Å². The van der Waals surface area contributed by atoms with Gasteiger partial charge in [0.1, 0.15) is 11.6 Å². The van der Waals surface area contributed by atoms with Crippen molar-refractivity contribution in [3.05, 3.63) is 65.9 Å². The number of benzene rings is 2. The van der Waals surface area contributed by atoms with E-state index in [1.165, 1.54) is 28.5 Å². The highest BCUT2D eigenvalue weighted by atomic mass is 16.3. The van der Waals surface area contributed by atoms with Gasteiger partial charge in [0.25, 0.3) is 0 Å². The normalized spacial score (nSPS) is 19.9. The van der Waals surface area contributed by atoms with Gasteiger partial charge in [-0.1, -0.05) is 44.7 Å². The number of nitrogens with zero attached hydrogens (tertiary/aromatic N) is 3. The van der Waals surface area contributed by atoms with Crippen molar-refractivity contribution in [1.82, 2.24) is 9.88 Å². The molecule has 186 valence electrons. The topological polar surface area (TPSA) is 56.7 Å². The van der Waals surface area contributed by atoms with Crippen LogP contribution in [0.1, 0.15) is 43.5 Å². The maximum atomic E-state index is 12.1. The molecule has 6 rings (SSSR count). The van der Waals surface area contributed by atoms with Gasteiger partial charge < -0.3 is 14.9 Å². The summed E-state index contributed by atoms with van der Waals surface area (Å²) in [5.41, 5.74) is 6.45. The number of rotatable bonds is 3. The van der Waals surface area contributed by atoms with Crippen molar-refractivity contribution in [2.75, 3.05) is 31.1 Å². The van der Waals surface area contributed by atoms with Gasteiger partial charge in [-0.3, -0.25) is 4.79 Å². The Labute approximate surface area is 213 Å². The van der Waals surface area contributed by atoms with Crippen LogP contribution in [0.25, 0.3) is 21.9 Å². The highest BCUT2D eigenvalue weighted by Crippen LogP contribution is 2.47. The standard InChI is InChI=1S/C31H35N3O2/c1-5-27(36)34-18-31(19-34)12-13-33(17-31)29-20(2)28(24-10-11-30(3,4)16-26(24)32-29)25-15-22(35)14-21-8-6-7-9-23(21)25/h5-9,14-15,35H,1,10-13,16-19H2,2-4H3. The molecular weight excluding hydrogens is 446 g/mol. The predicted molar refractivity (Wildman–Crippen MR) is 145 cm³/mol. The summed E-state index contributed by atoms with van der Waals surface area (Å²) in [5, 5.41) is 12.9. The Hall–Kier alpha value is -3.34. The Kier molecular flexibility index (Phi) is 5.19. The van der Waals surface area contributed by atoms with Crippen molar-refractivity contribution in [1.29, 1.82) is 0 Å². The molecular formula is C31H35N3O2. The van der Waals surface area contributed by atoms with Crippen LogP contribution in [0.4, 0.5) is 5.82 Å². The summed E-state index contributed by atoms with van der Waals surface area (Å²) in [5.74, 6) is 1.40. The summed E-state index contributed by atoms with van der Waals surface area (Å²) >= 11 is 0. The van der Waals surface area contributed by atoms with Crippen LogP contribution in [0.15, 0.2) is 49.1 Å². The molecule has 3 heterocycles. The maximum Gasteiger partial charge on any atom is 0.245 e. The Morgan fingerprint density at radius 3 is 2.69 bits per heavy atom. The number of phenols is 1. The van der Waals surface area contributed by atoms with Gasteiger partial charge in [-0.15, -0.1) is 0 Å². The van der Waals surface area contributed by atoms with E-state index < -0.39 is 0 Å². The molecule has 3 aliphatic rings. The average Bonchev–Trinajstić information content (AvgIpc) is 3.27. The van der Waals surface area contributed by atoms with Crippen LogP contribution in [0.2, 0.25) is 0 Å². The van der Waals surface area contributed by atoms with Crippen LogP contribution in [-0.2, 0) is 17.6 Å². The van der Waals surface area contributed by atoms with Gasteiger partial charge in [0.05, 0.1) is 0 Å². The number of amides is 1. The molecule has 3 aromatic rings. The Bertz CT molecular complexity index is 1400. The molecule has 2 aromatic carbocycles. The molecule has 0 radical (unpaired) electrons. The van der Waals surface area contributed by atoms with Gasteiger partial charge in [0, 0.05) is 37.3 Å². The number of likely N-dealkylation sites (tertiary alicyclic amines) is 1. The molecule has 2 fully saturated rings. The largest absolute Gasteiger partial charge is 0.508 e. The quantitative estimate of drug-likeness (QED) is 0.491. The molecule has 2 saturated heterocycles. The molecule has 5 heteroatoms. The third-order valence-electron chi connectivity index (χ3n) is 8.69. The van der Waals surface area contributed by atoms with Crippen molar-refractivity contribution in [3.63, 3.8) is 0 Å². The van der Waals surface area contributed by atoms with Crippen molar-refractivity contribution >= 4 is 22.5 Å². The van der Waals surface area contributed by atoms with Crippen molar-refractivity contribution in [2.24, 2.45) is 10.8 Å². The van der Waals surface area contributed by atoms with Gasteiger partial charge in [-0.25, -0.2) is 4.98 Å². The Morgan fingerprint density at radius 2 is 1.92 bits per heavy atom. The fraction of sp³-hybridized carbons (Fsp3) is 0.419. The molecule has 1 amide bonds. The van der Waals surface area contributed by atoms with E-state index in [0.29, 0.717) is 5.75 Å². The second kappa shape index (κ2) is 8.09. The zero-order valence-corrected chi connectivity index (χ0v) is 21.6. The van der Waals surface area contributed by atoms with Crippen molar-refractivity contribution in [2.45, 2.75) is 46.5 Å². The minimum absolute atomic E-state index is 0.0300. The first-order valence-corrected chi connectivity index (χ1v) is 13.1. The Morgan fingerprint density at radius 1 is 1.14 bits per heavy atom. The van der Waals surface area contributed by atoms with Crippen LogP contribution >= 0.6 is 0 Å². The minimum Gasteiger partial charge on any atom is -0.508 e. The van der Waals surface area contributed by atoms with E-state index in [4.69, 9.17) is 4.98 Å². The summed E-state index contributed by atoms with van der Waals surface area (Å²) in [6.45, 7) is 14.0. The van der Waals surface area contributed by atoms with E-state index in [0.717, 1.165) is 74.0 Å². The summed E-state index contributed by atoms with van der Waals surface area (Å²) in [4.78, 5) is 21.7. The molecule has 1 aromatic heterocycles. The number of pyridine rings is 1. The Balaban J connectivity index is 1.47. The number of carbonyl (C=O) groups is 1. The SMILES string of the molecule is C=CC(=O)N1CC2(CCN(c3nc4c(c(-c5cc(O)cc6ccccc56)c3C)CCC(C)(C)C4)C2)C1. The first-order chi connectivity index (χ1) is 17.2. The first kappa shape index (κ1) is 23.1. The third kappa shape index (κ3) is 3.68. The van der Waals surface area contributed by atoms with E-state index in [2.05, 4.69) is 50.4 Å². The van der Waals surface area contributed by atoms with Gasteiger partial charge in [-0.05, 0) is 89.3 Å². The van der Waals surface area contributed by atoms with E-state index in [1.54, 1.807) is 0 Å². The zero-order chi connectivity index (χ0) is 25.2. The number of aromatic hydroxyl groups is 1. The summed E-state index contributed by atoms with van der Waals surface area (Å²) < 4.78 is 0. The van der Waals surface area contributed by atoms with Gasteiger partial charge in [0.15, 0.2) is 0 Å². The highest BCUT2D eigenvalue weighted by Gasteiger charge is 2.49. The summed E-state index contributed by atoms with van der Waals surface area (Å²) in [6.07, 6.45) is 5.58. The van der Waals surface area contributed by atoms with E-state index >= 15 is 0 Å². The van der Waals surface area contributed by atoms with Crippen LogP contribution in [0, 0.1) is 17.8 Å². The minimum atomic E-state index is 0.0300. The number of fused-ring (bicyclic) bond motifs is 2. The lowest BCUT2D eigenvalue weighted by atomic mass is 9.74. The molecule has 1 N–H and O–H groups in total. The van der Waals surface area contributed by atoms with Gasteiger partial charge in [-0.2, -0.15) is 0 Å². The van der Waals surface area contributed by atoms with E-state index in [9.17, 15) is 9.90 Å². The van der Waals surface area contributed by atoms with Gasteiger partial charge in [0.2, 0.25) is 5.91 Å². The fourth-order valence-electron chi connectivity index (χ4n) is 6.78. The number of hydrogen-bond donors (Lipinski definition) is 1. The highest BCUT2D eigenvalue weighted by molar-refractivity contribution is 6.00. The van der Waals surface area contributed by atoms with Crippen LogP contribution in [0.5, 0.6) is 5.75 Å². The van der Waals surface area contributed by atoms with Crippen LogP contribution in [-0.4, -0.2) is 47.1 Å². The zero-order valence-electron chi connectivity index (χ0n) is 21.6. The molecule has 36 heavy (non-hydrogen) atoms. The number of phenolic OH excluding ortho intramolecular Hbond substituents is 1. The molecule has 0 saturated carbocycles. The molecule has 2 aliphatic heterocycles. The molecule has 0 bridgehead atoms. The maximum absolute atomic E-state index is 12.1. The molecule has 1 spiro atoms. The van der Waals surface area contributed by atoms with Crippen LogP contribution in [0.3, 0.4) is 0 Å². The second-order valence-electron chi connectivity index (χ2n) is 12.0. The van der Waals surface area contributed by atoms with Crippen LogP contribution < -0.4 is 4.90 Å². The number of anilines is 1. The summed E-state index contributed by atoms with van der Waals surface area (Å²) in [7, 11) is 0. The molecule has 0 atom stereocenters. The predicted octanol–water partition coefficient (Wildman–Crippen LogP) is 5.66. The number of hydrogen-bond acceptors (Lipinski definition) is 4. The molecule has 0 unspecified atom stereocenters. The van der Waals surface area contributed by atoms with Crippen molar-refractivity contribution < 1.29 is 9.90 Å². The number of carbonyl (C=O) groups excluding carboxylic acids is 1. The lowest BCUT2D eigenvalue weighted by molar-refractivity contribution is -0.136. The third-order valence-corrected chi connectivity index (χ3v) is 8.69. The monoisotopic (exact) mass is 481 g/mol. The molecule has 5 nitrogen and oxygen atoms in total. The average molecular weight is 482 g/mol.